The van der Waals surface area contributed by atoms with E-state index < -0.39 is 11.0 Å². The molecule has 304 valence electrons. The van der Waals surface area contributed by atoms with Crippen LogP contribution in [0.2, 0.25) is 0 Å². The lowest BCUT2D eigenvalue weighted by atomic mass is 9.70. The van der Waals surface area contributed by atoms with Gasteiger partial charge < -0.3 is 40.4 Å². The standard InChI is InChI=1S/C43H64N4O6S2/c1-6-7-8-10-30-13-15-39(49)43(26-32-12-14-36(48)37(23-32)52-5)18-9-11-34(43)27-54-55-29-46-41(45-3)47-35-22-33(21-30)24-38(40(35)50)53-42(28-44-2)19-16-31(25-42)17-20-51-4/h12-15,22-24,30-31,34,44,48,50H,6-11,16-21,25-29H2,1-5H3,(H2,45,46,47)/t30-,31+,34-,42+,43-/m1/s1. The molecule has 12 heteroatoms. The summed E-state index contributed by atoms with van der Waals surface area (Å²) in [5.41, 5.74) is 1.56. The molecule has 2 aliphatic carbocycles. The maximum Gasteiger partial charge on any atom is 0.196 e. The summed E-state index contributed by atoms with van der Waals surface area (Å²) in [6.07, 6.45) is 16.2. The van der Waals surface area contributed by atoms with Gasteiger partial charge in [0.15, 0.2) is 34.7 Å². The van der Waals surface area contributed by atoms with Crippen molar-refractivity contribution in [2.45, 2.75) is 96.0 Å². The van der Waals surface area contributed by atoms with Gasteiger partial charge in [0.2, 0.25) is 0 Å². The van der Waals surface area contributed by atoms with Crippen LogP contribution >= 0.6 is 21.6 Å². The van der Waals surface area contributed by atoms with Gasteiger partial charge in [-0.2, -0.15) is 0 Å². The molecule has 1 aliphatic heterocycles. The smallest absolute Gasteiger partial charge is 0.196 e. The van der Waals surface area contributed by atoms with E-state index in [9.17, 15) is 15.0 Å². The van der Waals surface area contributed by atoms with E-state index in [0.717, 1.165) is 94.1 Å². The first-order valence-electron chi connectivity index (χ1n) is 20.2. The fraction of sp³-hybridized carbons (Fsp3) is 0.628. The van der Waals surface area contributed by atoms with E-state index in [-0.39, 0.29) is 29.1 Å². The molecule has 0 saturated heterocycles. The van der Waals surface area contributed by atoms with Gasteiger partial charge >= 0.3 is 0 Å². The molecule has 2 aromatic rings. The maximum absolute atomic E-state index is 14.7. The highest BCUT2D eigenvalue weighted by molar-refractivity contribution is 8.76. The molecule has 3 aliphatic rings. The molecule has 5 atom stereocenters. The second-order valence-corrected chi connectivity index (χ2v) is 18.2. The highest BCUT2D eigenvalue weighted by Gasteiger charge is 2.47. The van der Waals surface area contributed by atoms with Crippen molar-refractivity contribution >= 4 is 39.0 Å². The van der Waals surface area contributed by atoms with E-state index in [1.807, 2.05) is 37.4 Å². The van der Waals surface area contributed by atoms with Gasteiger partial charge in [-0.25, -0.2) is 0 Å². The third-order valence-corrected chi connectivity index (χ3v) is 14.1. The first-order valence-corrected chi connectivity index (χ1v) is 22.7. The fourth-order valence-electron chi connectivity index (χ4n) is 8.95. The number of carbonyl (C=O) groups excluding carboxylic acids is 1. The van der Waals surface area contributed by atoms with Crippen LogP contribution in [0.1, 0.15) is 88.7 Å². The average Bonchev–Trinajstić information content (AvgIpc) is 3.78. The summed E-state index contributed by atoms with van der Waals surface area (Å²) >= 11 is 0. The van der Waals surface area contributed by atoms with E-state index in [2.05, 4.69) is 33.9 Å². The quantitative estimate of drug-likeness (QED) is 0.0716. The molecule has 0 unspecified atom stereocenters. The number of phenols is 2. The van der Waals surface area contributed by atoms with Crippen LogP contribution in [0.3, 0.4) is 0 Å². The molecule has 0 amide bonds. The van der Waals surface area contributed by atoms with Gasteiger partial charge in [-0.05, 0) is 124 Å². The number of carbonyl (C=O) groups is 1. The molecule has 0 aromatic heterocycles. The number of unbranched alkanes of at least 4 members (excludes halogenated alkanes) is 2. The van der Waals surface area contributed by atoms with Gasteiger partial charge in [0, 0.05) is 38.5 Å². The summed E-state index contributed by atoms with van der Waals surface area (Å²) in [6.45, 7) is 3.61. The highest BCUT2D eigenvalue weighted by atomic mass is 33.1. The summed E-state index contributed by atoms with van der Waals surface area (Å²) in [4.78, 5) is 19.2. The Labute approximate surface area is 336 Å². The van der Waals surface area contributed by atoms with Crippen LogP contribution in [0.25, 0.3) is 0 Å². The second-order valence-electron chi connectivity index (χ2n) is 15.7. The highest BCUT2D eigenvalue weighted by Crippen LogP contribution is 2.50. The minimum absolute atomic E-state index is 0.0661. The third-order valence-electron chi connectivity index (χ3n) is 11.9. The van der Waals surface area contributed by atoms with Gasteiger partial charge in [-0.1, -0.05) is 66.3 Å². The normalized spacial score (nSPS) is 27.0. The van der Waals surface area contributed by atoms with Crippen molar-refractivity contribution in [2.24, 2.45) is 28.2 Å². The number of ether oxygens (including phenoxy) is 3. The van der Waals surface area contributed by atoms with Crippen molar-refractivity contribution in [3.05, 3.63) is 53.6 Å². The van der Waals surface area contributed by atoms with Gasteiger partial charge in [-0.15, -0.1) is 0 Å². The van der Waals surface area contributed by atoms with Gasteiger partial charge in [0.1, 0.15) is 5.60 Å². The Bertz CT molecular complexity index is 1620. The molecule has 1 heterocycles. The molecular formula is C43H64N4O6S2. The minimum atomic E-state index is -0.546. The van der Waals surface area contributed by atoms with Crippen molar-refractivity contribution < 1.29 is 29.2 Å². The molecule has 55 heavy (non-hydrogen) atoms. The Hall–Kier alpha value is -3.06. The first-order chi connectivity index (χ1) is 26.7. The van der Waals surface area contributed by atoms with E-state index in [1.165, 1.54) is 0 Å². The molecule has 10 nitrogen and oxygen atoms in total. The van der Waals surface area contributed by atoms with Crippen LogP contribution in [0, 0.1) is 23.2 Å². The van der Waals surface area contributed by atoms with Crippen molar-refractivity contribution in [1.82, 2.24) is 10.6 Å². The lowest BCUT2D eigenvalue weighted by Gasteiger charge is -2.34. The zero-order valence-corrected chi connectivity index (χ0v) is 35.2. The third kappa shape index (κ3) is 11.3. The number of benzene rings is 2. The number of aromatic hydroxyl groups is 2. The van der Waals surface area contributed by atoms with E-state index in [1.54, 1.807) is 48.9 Å². The van der Waals surface area contributed by atoms with Crippen LogP contribution < -0.4 is 25.4 Å². The number of methoxy groups -OCH3 is 2. The molecule has 2 saturated carbocycles. The monoisotopic (exact) mass is 796 g/mol. The lowest BCUT2D eigenvalue weighted by Crippen LogP contribution is -2.42. The number of ketones is 1. The van der Waals surface area contributed by atoms with Crippen LogP contribution in [-0.4, -0.2) is 80.7 Å². The topological polar surface area (TPSA) is 134 Å². The second kappa shape index (κ2) is 20.9. The molecule has 2 fully saturated rings. The number of phenolic OH excluding ortho intramolecular Hbond substituents is 2. The Balaban J connectivity index is 1.52. The number of allylic oxidation sites excluding steroid dienone is 2. The van der Waals surface area contributed by atoms with E-state index in [4.69, 9.17) is 14.2 Å². The molecule has 5 rings (SSSR count). The number of nitrogens with one attached hydrogen (secondary N) is 3. The Morgan fingerprint density at radius 1 is 1.05 bits per heavy atom. The Kier molecular flexibility index (Phi) is 16.4. The fourth-order valence-corrected chi connectivity index (χ4v) is 11.2. The molecular weight excluding hydrogens is 733 g/mol. The molecule has 0 spiro atoms. The summed E-state index contributed by atoms with van der Waals surface area (Å²) in [5, 5.41) is 32.3. The summed E-state index contributed by atoms with van der Waals surface area (Å²) in [5.74, 6) is 4.04. The lowest BCUT2D eigenvalue weighted by molar-refractivity contribution is -0.125. The number of rotatable bonds is 14. The SMILES string of the molecule is CCCCC[C@@H]1C=CC(=O)[C@@]2(Cc3ccc(O)c(OC)c3)CCC[C@@H]2CSSCNC(=NC)Nc2cc(cc(O[C@@]3(CNC)CC[C@@H](CCOC)C3)c2O)C1. The minimum Gasteiger partial charge on any atom is -0.504 e. The predicted octanol–water partition coefficient (Wildman–Crippen LogP) is 8.51. The van der Waals surface area contributed by atoms with Crippen molar-refractivity contribution in [3.8, 4) is 23.0 Å². The molecule has 2 bridgehead atoms. The molecule has 0 radical (unpaired) electrons. The van der Waals surface area contributed by atoms with Crippen molar-refractivity contribution in [2.75, 3.05) is 58.4 Å². The van der Waals surface area contributed by atoms with Gasteiger partial charge in [0.05, 0.1) is 18.7 Å². The number of fused-ring (bicyclic) bond motifs is 3. The molecule has 5 N–H and O–H groups in total. The van der Waals surface area contributed by atoms with Crippen molar-refractivity contribution in [3.63, 3.8) is 0 Å². The van der Waals surface area contributed by atoms with Crippen LogP contribution in [0.15, 0.2) is 47.5 Å². The van der Waals surface area contributed by atoms with Crippen LogP contribution in [-0.2, 0) is 22.4 Å². The van der Waals surface area contributed by atoms with Crippen LogP contribution in [0.4, 0.5) is 5.69 Å². The van der Waals surface area contributed by atoms with Crippen LogP contribution in [0.5, 0.6) is 23.0 Å². The van der Waals surface area contributed by atoms with Gasteiger partial charge in [0.25, 0.3) is 0 Å². The number of aliphatic imine (C=N–C) groups is 1. The zero-order valence-electron chi connectivity index (χ0n) is 33.6. The number of guanidine groups is 1. The summed E-state index contributed by atoms with van der Waals surface area (Å²) in [7, 11) is 10.5. The van der Waals surface area contributed by atoms with Gasteiger partial charge in [-0.3, -0.25) is 9.79 Å². The number of hydrogen-bond donors (Lipinski definition) is 5. The first kappa shape index (κ1) is 43.1. The Morgan fingerprint density at radius 2 is 1.91 bits per heavy atom. The predicted molar refractivity (Wildman–Crippen MR) is 228 cm³/mol. The largest absolute Gasteiger partial charge is 0.504 e. The summed E-state index contributed by atoms with van der Waals surface area (Å²) < 4.78 is 17.8. The zero-order chi connectivity index (χ0) is 39.3. The van der Waals surface area contributed by atoms with E-state index >= 15 is 0 Å². The number of anilines is 1. The Morgan fingerprint density at radius 3 is 2.67 bits per heavy atom. The molecule has 2 aromatic carbocycles. The maximum atomic E-state index is 14.7. The van der Waals surface area contributed by atoms with E-state index in [0.29, 0.717) is 54.3 Å². The summed E-state index contributed by atoms with van der Waals surface area (Å²) in [6, 6.07) is 9.49. The van der Waals surface area contributed by atoms with Crippen molar-refractivity contribution in [1.29, 1.82) is 0 Å². The average molecular weight is 797 g/mol. The number of hydrogen-bond acceptors (Lipinski definition) is 10. The number of likely N-dealkylation sites (N-methyl/N-ethyl adjacent to an activating group) is 1. The number of nitrogens with zero attached hydrogens (tertiary/aromatic N) is 1.